The molecule has 41 heavy (non-hydrogen) atoms. The lowest BCUT2D eigenvalue weighted by Gasteiger charge is -2.30. The molecule has 2 aromatic carbocycles. The van der Waals surface area contributed by atoms with Crippen molar-refractivity contribution in [3.8, 4) is 11.5 Å². The summed E-state index contributed by atoms with van der Waals surface area (Å²) in [4.78, 5) is 25.1. The van der Waals surface area contributed by atoms with Crippen LogP contribution in [0.1, 0.15) is 43.5 Å². The van der Waals surface area contributed by atoms with Crippen molar-refractivity contribution in [2.24, 2.45) is 0 Å². The second-order valence-corrected chi connectivity index (χ2v) is 10.1. The molecule has 0 bridgehead atoms. The van der Waals surface area contributed by atoms with Crippen molar-refractivity contribution in [1.29, 1.82) is 0 Å². The number of hydrogen-bond acceptors (Lipinski definition) is 8. The van der Waals surface area contributed by atoms with Crippen LogP contribution >= 0.6 is 24.4 Å². The number of carbonyl (C=O) groups is 2. The van der Waals surface area contributed by atoms with Gasteiger partial charge in [-0.05, 0) is 50.4 Å². The van der Waals surface area contributed by atoms with Crippen LogP contribution in [-0.2, 0) is 19.1 Å². The molecule has 2 aliphatic heterocycles. The maximum absolute atomic E-state index is 12.6. The lowest BCUT2D eigenvalue weighted by Crippen LogP contribution is -2.45. The third-order valence-corrected chi connectivity index (χ3v) is 7.05. The summed E-state index contributed by atoms with van der Waals surface area (Å²) < 4.78 is 22.3. The lowest BCUT2D eigenvalue weighted by molar-refractivity contribution is -0.137. The summed E-state index contributed by atoms with van der Waals surface area (Å²) in [5.74, 6) is 0.308. The van der Waals surface area contributed by atoms with Gasteiger partial charge in [-0.25, -0.2) is 9.59 Å². The SMILES string of the molecule is COC(=O)C1=C(C)NC(=S)NC1c1ccccc1OCCCOc1ccccc1C1NC(=S)NC(C)=C1C(=O)OC. The summed E-state index contributed by atoms with van der Waals surface area (Å²) in [6.07, 6.45) is 0.566. The summed E-state index contributed by atoms with van der Waals surface area (Å²) in [5, 5.41) is 13.1. The first-order valence-corrected chi connectivity index (χ1v) is 13.7. The highest BCUT2D eigenvalue weighted by molar-refractivity contribution is 7.80. The largest absolute Gasteiger partial charge is 0.493 e. The molecule has 0 aromatic heterocycles. The fraction of sp³-hybridized carbons (Fsp3) is 0.310. The number of nitrogens with one attached hydrogen (secondary N) is 4. The van der Waals surface area contributed by atoms with Gasteiger partial charge in [-0.15, -0.1) is 0 Å². The van der Waals surface area contributed by atoms with E-state index in [1.807, 2.05) is 48.5 Å². The highest BCUT2D eigenvalue weighted by Gasteiger charge is 2.33. The second kappa shape index (κ2) is 13.5. The zero-order valence-corrected chi connectivity index (χ0v) is 24.8. The van der Waals surface area contributed by atoms with Crippen molar-refractivity contribution in [1.82, 2.24) is 21.3 Å². The van der Waals surface area contributed by atoms with Crippen LogP contribution in [0.2, 0.25) is 0 Å². The van der Waals surface area contributed by atoms with E-state index < -0.39 is 24.0 Å². The number of hydrogen-bond donors (Lipinski definition) is 4. The molecule has 2 aromatic rings. The Morgan fingerprint density at radius 1 is 0.707 bits per heavy atom. The Morgan fingerprint density at radius 2 is 1.10 bits per heavy atom. The Bertz CT molecular complexity index is 1320. The maximum Gasteiger partial charge on any atom is 0.337 e. The summed E-state index contributed by atoms with van der Waals surface area (Å²) in [7, 11) is 2.69. The predicted octanol–water partition coefficient (Wildman–Crippen LogP) is 3.47. The zero-order chi connectivity index (χ0) is 29.5. The first-order chi connectivity index (χ1) is 19.7. The molecule has 2 unspecified atom stereocenters. The first-order valence-electron chi connectivity index (χ1n) is 12.9. The molecule has 0 radical (unpaired) electrons. The number of allylic oxidation sites excluding steroid dienone is 2. The molecule has 4 rings (SSSR count). The molecule has 0 aliphatic carbocycles. The molecule has 10 nitrogen and oxygen atoms in total. The van der Waals surface area contributed by atoms with Crippen LogP contribution in [0.15, 0.2) is 71.1 Å². The molecule has 12 heteroatoms. The van der Waals surface area contributed by atoms with Crippen molar-refractivity contribution < 1.29 is 28.5 Å². The molecule has 0 saturated heterocycles. The predicted molar refractivity (Wildman–Crippen MR) is 161 cm³/mol. The zero-order valence-electron chi connectivity index (χ0n) is 23.2. The molecule has 0 fully saturated rings. The molecular formula is C29H32N4O6S2. The average molecular weight is 597 g/mol. The Balaban J connectivity index is 1.44. The summed E-state index contributed by atoms with van der Waals surface area (Å²) in [6, 6.07) is 13.9. The van der Waals surface area contributed by atoms with E-state index in [0.29, 0.717) is 63.9 Å². The van der Waals surface area contributed by atoms with E-state index in [2.05, 4.69) is 21.3 Å². The molecule has 2 atom stereocenters. The first kappa shape index (κ1) is 29.8. The normalized spacial score (nSPS) is 18.4. The van der Waals surface area contributed by atoms with Crippen molar-refractivity contribution in [3.05, 3.63) is 82.2 Å². The molecule has 4 N–H and O–H groups in total. The average Bonchev–Trinajstić information content (AvgIpc) is 2.96. The van der Waals surface area contributed by atoms with Crippen LogP contribution in [0, 0.1) is 0 Å². The monoisotopic (exact) mass is 596 g/mol. The lowest BCUT2D eigenvalue weighted by atomic mass is 9.95. The van der Waals surface area contributed by atoms with E-state index in [0.717, 1.165) is 11.1 Å². The van der Waals surface area contributed by atoms with Gasteiger partial charge in [0.05, 0.1) is 50.7 Å². The Hall–Kier alpha value is -4.16. The summed E-state index contributed by atoms with van der Waals surface area (Å²) in [5.41, 5.74) is 3.62. The van der Waals surface area contributed by atoms with Gasteiger partial charge in [0.1, 0.15) is 11.5 Å². The van der Waals surface area contributed by atoms with E-state index in [1.54, 1.807) is 13.8 Å². The number of thiocarbonyl (C=S) groups is 2. The summed E-state index contributed by atoms with van der Waals surface area (Å²) >= 11 is 10.7. The number of esters is 2. The van der Waals surface area contributed by atoms with Crippen LogP contribution in [-0.4, -0.2) is 49.6 Å². The molecule has 2 aliphatic rings. The minimum Gasteiger partial charge on any atom is -0.493 e. The topological polar surface area (TPSA) is 119 Å². The molecule has 2 heterocycles. The molecule has 0 saturated carbocycles. The fourth-order valence-corrected chi connectivity index (χ4v) is 5.28. The number of ether oxygens (including phenoxy) is 4. The number of rotatable bonds is 10. The number of benzene rings is 2. The number of para-hydroxylation sites is 2. The van der Waals surface area contributed by atoms with Gasteiger partial charge in [-0.3, -0.25) is 0 Å². The van der Waals surface area contributed by atoms with Crippen LogP contribution in [0.5, 0.6) is 11.5 Å². The van der Waals surface area contributed by atoms with Crippen molar-refractivity contribution in [2.75, 3.05) is 27.4 Å². The van der Waals surface area contributed by atoms with E-state index in [4.69, 9.17) is 43.4 Å². The number of methoxy groups -OCH3 is 2. The van der Waals surface area contributed by atoms with Crippen LogP contribution < -0.4 is 30.7 Å². The van der Waals surface area contributed by atoms with Crippen molar-refractivity contribution in [2.45, 2.75) is 32.4 Å². The van der Waals surface area contributed by atoms with E-state index in [-0.39, 0.29) is 0 Å². The molecule has 216 valence electrons. The van der Waals surface area contributed by atoms with Gasteiger partial charge >= 0.3 is 11.9 Å². The minimum atomic E-state index is -0.528. The Morgan fingerprint density at radius 3 is 1.49 bits per heavy atom. The standard InChI is InChI=1S/C29H32N4O6S2/c1-16-22(26(34)36-3)24(32-28(40)30-16)18-10-5-7-12-20(18)38-14-9-15-39-21-13-8-6-11-19(21)25-23(27(35)37-4)17(2)31-29(41)33-25/h5-8,10-13,24-25H,9,14-15H2,1-4H3,(H2,30,32,40)(H2,31,33,41). The fourth-order valence-electron chi connectivity index (χ4n) is 4.74. The third kappa shape index (κ3) is 6.77. The molecule has 0 amide bonds. The molecular weight excluding hydrogens is 564 g/mol. The highest BCUT2D eigenvalue weighted by atomic mass is 32.1. The molecule has 0 spiro atoms. The minimum absolute atomic E-state index is 0.354. The maximum atomic E-state index is 12.6. The van der Waals surface area contributed by atoms with Crippen molar-refractivity contribution >= 4 is 46.6 Å². The second-order valence-electron chi connectivity index (χ2n) is 9.25. The third-order valence-electron chi connectivity index (χ3n) is 6.61. The van der Waals surface area contributed by atoms with Gasteiger partial charge in [0.2, 0.25) is 0 Å². The van der Waals surface area contributed by atoms with E-state index in [9.17, 15) is 9.59 Å². The smallest absolute Gasteiger partial charge is 0.337 e. The van der Waals surface area contributed by atoms with E-state index in [1.165, 1.54) is 14.2 Å². The van der Waals surface area contributed by atoms with Crippen molar-refractivity contribution in [3.63, 3.8) is 0 Å². The van der Waals surface area contributed by atoms with Gasteiger partial charge in [0.15, 0.2) is 10.2 Å². The van der Waals surface area contributed by atoms with Crippen LogP contribution in [0.4, 0.5) is 0 Å². The van der Waals surface area contributed by atoms with Gasteiger partial charge in [0, 0.05) is 28.9 Å². The quantitative estimate of drug-likeness (QED) is 0.183. The summed E-state index contributed by atoms with van der Waals surface area (Å²) in [6.45, 7) is 4.27. The van der Waals surface area contributed by atoms with Gasteiger partial charge < -0.3 is 40.2 Å². The Labute approximate surface area is 249 Å². The number of carbonyl (C=O) groups excluding carboxylic acids is 2. The van der Waals surface area contributed by atoms with Gasteiger partial charge in [-0.2, -0.15) is 0 Å². The van der Waals surface area contributed by atoms with E-state index >= 15 is 0 Å². The van der Waals surface area contributed by atoms with Gasteiger partial charge in [0.25, 0.3) is 0 Å². The van der Waals surface area contributed by atoms with Crippen LogP contribution in [0.3, 0.4) is 0 Å². The van der Waals surface area contributed by atoms with Crippen LogP contribution in [0.25, 0.3) is 0 Å². The highest BCUT2D eigenvalue weighted by Crippen LogP contribution is 2.35. The van der Waals surface area contributed by atoms with Gasteiger partial charge in [-0.1, -0.05) is 36.4 Å². The Kier molecular flexibility index (Phi) is 9.79.